The number of hydrogen-bond acceptors (Lipinski definition) is 3. The van der Waals surface area contributed by atoms with Crippen LogP contribution in [0.5, 0.6) is 0 Å². The molecule has 0 heterocycles. The van der Waals surface area contributed by atoms with Gasteiger partial charge in [0, 0.05) is 21.7 Å². The number of hydrogen-bond donors (Lipinski definition) is 1. The van der Waals surface area contributed by atoms with Crippen LogP contribution in [0.15, 0.2) is 78.9 Å². The first kappa shape index (κ1) is 19.2. The number of carbonyl (C=O) groups is 1. The summed E-state index contributed by atoms with van der Waals surface area (Å²) in [4.78, 5) is 12.7. The van der Waals surface area contributed by atoms with E-state index >= 15 is 0 Å². The van der Waals surface area contributed by atoms with Crippen molar-refractivity contribution in [3.8, 4) is 0 Å². The molecule has 0 aromatic heterocycles. The molecule has 3 aromatic carbocycles. The van der Waals surface area contributed by atoms with Gasteiger partial charge in [0.2, 0.25) is 0 Å². The van der Waals surface area contributed by atoms with Crippen LogP contribution in [0, 0.1) is 6.92 Å². The number of carbonyl (C=O) groups excluding carboxylic acids is 1. The van der Waals surface area contributed by atoms with Gasteiger partial charge in [-0.1, -0.05) is 90.0 Å². The van der Waals surface area contributed by atoms with Gasteiger partial charge in [-0.05, 0) is 19.9 Å². The highest BCUT2D eigenvalue weighted by molar-refractivity contribution is 6.31. The topological polar surface area (TPSA) is 52.3 Å². The molecule has 27 heavy (non-hydrogen) atoms. The Balaban J connectivity index is 2.36. The molecule has 0 radical (unpaired) electrons. The molecule has 3 nitrogen and oxygen atoms in total. The Morgan fingerprint density at radius 1 is 0.926 bits per heavy atom. The van der Waals surface area contributed by atoms with Gasteiger partial charge in [-0.15, -0.1) is 0 Å². The Labute approximate surface area is 164 Å². The molecular formula is C23H22ClNO2. The zero-order valence-electron chi connectivity index (χ0n) is 15.4. The van der Waals surface area contributed by atoms with Crippen molar-refractivity contribution in [1.29, 1.82) is 0 Å². The third kappa shape index (κ3) is 3.75. The largest absolute Gasteiger partial charge is 0.443 e. The molecule has 0 saturated heterocycles. The van der Waals surface area contributed by atoms with Gasteiger partial charge in [-0.2, -0.15) is 0 Å². The second-order valence-electron chi connectivity index (χ2n) is 6.60. The van der Waals surface area contributed by atoms with Crippen LogP contribution in [0.1, 0.15) is 29.2 Å². The standard InChI is InChI=1S/C23H22ClNO2/c1-16-12-14-19(15-13-16)23(27-22(26)17(2)25,18-8-4-3-5-9-18)20-10-6-7-11-21(20)24/h3-15,17H,25H2,1-2H3/t17-,23?/m0/s1. The Morgan fingerprint density at radius 2 is 1.48 bits per heavy atom. The fourth-order valence-electron chi connectivity index (χ4n) is 3.10. The summed E-state index contributed by atoms with van der Waals surface area (Å²) in [5.74, 6) is -0.501. The van der Waals surface area contributed by atoms with Crippen LogP contribution < -0.4 is 5.73 Å². The maximum Gasteiger partial charge on any atom is 0.324 e. The summed E-state index contributed by atoms with van der Waals surface area (Å²) in [7, 11) is 0. The highest BCUT2D eigenvalue weighted by atomic mass is 35.5. The van der Waals surface area contributed by atoms with Crippen LogP contribution in [0.2, 0.25) is 5.02 Å². The van der Waals surface area contributed by atoms with Crippen molar-refractivity contribution in [2.24, 2.45) is 5.73 Å². The molecule has 0 amide bonds. The van der Waals surface area contributed by atoms with E-state index in [0.717, 1.165) is 16.7 Å². The van der Waals surface area contributed by atoms with E-state index in [4.69, 9.17) is 22.1 Å². The minimum absolute atomic E-state index is 0.501. The predicted octanol–water partition coefficient (Wildman–Crippen LogP) is 4.83. The number of benzene rings is 3. The summed E-state index contributed by atoms with van der Waals surface area (Å²) in [6.07, 6.45) is 0. The lowest BCUT2D eigenvalue weighted by Gasteiger charge is -2.36. The molecule has 4 heteroatoms. The molecule has 0 aliphatic rings. The Hall–Kier alpha value is -2.62. The third-order valence-electron chi connectivity index (χ3n) is 4.52. The van der Waals surface area contributed by atoms with Crippen LogP contribution in [0.4, 0.5) is 0 Å². The van der Waals surface area contributed by atoms with Crippen molar-refractivity contribution in [2.45, 2.75) is 25.5 Å². The van der Waals surface area contributed by atoms with E-state index in [1.54, 1.807) is 13.0 Å². The van der Waals surface area contributed by atoms with Gasteiger partial charge in [-0.25, -0.2) is 0 Å². The molecule has 2 atom stereocenters. The van der Waals surface area contributed by atoms with E-state index in [0.29, 0.717) is 10.6 Å². The van der Waals surface area contributed by atoms with Crippen LogP contribution in [0.3, 0.4) is 0 Å². The van der Waals surface area contributed by atoms with E-state index in [2.05, 4.69) is 0 Å². The van der Waals surface area contributed by atoms with Crippen LogP contribution in [-0.4, -0.2) is 12.0 Å². The molecular weight excluding hydrogens is 358 g/mol. The average molecular weight is 380 g/mol. The number of esters is 1. The van der Waals surface area contributed by atoms with Crippen molar-refractivity contribution in [3.63, 3.8) is 0 Å². The molecule has 0 saturated carbocycles. The normalized spacial score (nSPS) is 14.2. The fourth-order valence-corrected chi connectivity index (χ4v) is 3.37. The van der Waals surface area contributed by atoms with Crippen molar-refractivity contribution in [3.05, 3.63) is 106 Å². The highest BCUT2D eigenvalue weighted by Gasteiger charge is 2.42. The molecule has 0 spiro atoms. The number of nitrogens with two attached hydrogens (primary N) is 1. The molecule has 3 rings (SSSR count). The van der Waals surface area contributed by atoms with E-state index in [-0.39, 0.29) is 0 Å². The van der Waals surface area contributed by atoms with E-state index in [1.807, 2.05) is 79.7 Å². The molecule has 0 bridgehead atoms. The lowest BCUT2D eigenvalue weighted by atomic mass is 9.79. The van der Waals surface area contributed by atoms with Crippen molar-refractivity contribution in [2.75, 3.05) is 0 Å². The first-order chi connectivity index (χ1) is 12.9. The van der Waals surface area contributed by atoms with E-state index in [1.165, 1.54) is 0 Å². The number of halogens is 1. The van der Waals surface area contributed by atoms with Crippen LogP contribution in [-0.2, 0) is 15.1 Å². The monoisotopic (exact) mass is 379 g/mol. The number of aryl methyl sites for hydroxylation is 1. The van der Waals surface area contributed by atoms with Gasteiger partial charge >= 0.3 is 5.97 Å². The third-order valence-corrected chi connectivity index (χ3v) is 4.85. The summed E-state index contributed by atoms with van der Waals surface area (Å²) in [6, 6.07) is 24.1. The fraction of sp³-hybridized carbons (Fsp3) is 0.174. The minimum atomic E-state index is -1.20. The quantitative estimate of drug-likeness (QED) is 0.510. The molecule has 0 fully saturated rings. The van der Waals surface area contributed by atoms with Gasteiger partial charge in [-0.3, -0.25) is 4.79 Å². The second-order valence-corrected chi connectivity index (χ2v) is 7.01. The molecule has 2 N–H and O–H groups in total. The Bertz CT molecular complexity index is 923. The Morgan fingerprint density at radius 3 is 2.07 bits per heavy atom. The summed E-state index contributed by atoms with van der Waals surface area (Å²) in [5.41, 5.74) is 8.04. The van der Waals surface area contributed by atoms with E-state index < -0.39 is 17.6 Å². The van der Waals surface area contributed by atoms with Crippen molar-refractivity contribution >= 4 is 17.6 Å². The van der Waals surface area contributed by atoms with Crippen molar-refractivity contribution in [1.82, 2.24) is 0 Å². The van der Waals surface area contributed by atoms with Gasteiger partial charge < -0.3 is 10.5 Å². The molecule has 0 aliphatic heterocycles. The van der Waals surface area contributed by atoms with Crippen LogP contribution in [0.25, 0.3) is 0 Å². The predicted molar refractivity (Wildman–Crippen MR) is 109 cm³/mol. The summed E-state index contributed by atoms with van der Waals surface area (Å²) >= 11 is 6.58. The van der Waals surface area contributed by atoms with Crippen LogP contribution >= 0.6 is 11.6 Å². The Kier molecular flexibility index (Phi) is 5.64. The zero-order chi connectivity index (χ0) is 19.4. The van der Waals surface area contributed by atoms with E-state index in [9.17, 15) is 4.79 Å². The SMILES string of the molecule is Cc1ccc(C(OC(=O)[C@H](C)N)(c2ccccc2)c2ccccc2Cl)cc1. The maximum atomic E-state index is 12.7. The molecule has 0 aliphatic carbocycles. The van der Waals surface area contributed by atoms with Gasteiger partial charge in [0.15, 0.2) is 5.60 Å². The maximum absolute atomic E-state index is 12.7. The second kappa shape index (κ2) is 7.95. The van der Waals surface area contributed by atoms with Gasteiger partial charge in [0.05, 0.1) is 0 Å². The smallest absolute Gasteiger partial charge is 0.324 e. The molecule has 1 unspecified atom stereocenters. The summed E-state index contributed by atoms with van der Waals surface area (Å²) < 4.78 is 6.13. The number of ether oxygens (including phenoxy) is 1. The first-order valence-electron chi connectivity index (χ1n) is 8.81. The average Bonchev–Trinajstić information content (AvgIpc) is 2.68. The highest BCUT2D eigenvalue weighted by Crippen LogP contribution is 2.43. The lowest BCUT2D eigenvalue weighted by Crippen LogP contribution is -2.40. The van der Waals surface area contributed by atoms with Gasteiger partial charge in [0.1, 0.15) is 6.04 Å². The van der Waals surface area contributed by atoms with Crippen molar-refractivity contribution < 1.29 is 9.53 Å². The number of rotatable bonds is 5. The first-order valence-corrected chi connectivity index (χ1v) is 9.19. The molecule has 138 valence electrons. The van der Waals surface area contributed by atoms with Gasteiger partial charge in [0.25, 0.3) is 0 Å². The zero-order valence-corrected chi connectivity index (χ0v) is 16.1. The minimum Gasteiger partial charge on any atom is -0.443 e. The summed E-state index contributed by atoms with van der Waals surface area (Å²) in [6.45, 7) is 3.62. The lowest BCUT2D eigenvalue weighted by molar-refractivity contribution is -0.154. The summed E-state index contributed by atoms with van der Waals surface area (Å²) in [5, 5.41) is 0.513. The molecule has 3 aromatic rings.